The van der Waals surface area contributed by atoms with E-state index in [1.54, 1.807) is 42.6 Å². The molecule has 1 N–H and O–H groups in total. The number of para-hydroxylation sites is 1. The molecule has 21 heavy (non-hydrogen) atoms. The molecule has 0 aliphatic rings. The summed E-state index contributed by atoms with van der Waals surface area (Å²) in [5.41, 5.74) is 1.72. The van der Waals surface area contributed by atoms with E-state index in [0.29, 0.717) is 27.2 Å². The number of oxazole rings is 1. The van der Waals surface area contributed by atoms with Crippen LogP contribution in [0.5, 0.6) is 0 Å². The number of carbonyl (C=O) groups is 1. The number of hydrogen-bond donors (Lipinski definition) is 1. The van der Waals surface area contributed by atoms with Crippen LogP contribution in [0.3, 0.4) is 0 Å². The van der Waals surface area contributed by atoms with Gasteiger partial charge in [-0.3, -0.25) is 4.79 Å². The zero-order chi connectivity index (χ0) is 14.7. The van der Waals surface area contributed by atoms with Crippen LogP contribution in [0.2, 0.25) is 5.02 Å². The van der Waals surface area contributed by atoms with E-state index in [4.69, 9.17) is 16.0 Å². The van der Waals surface area contributed by atoms with Crippen LogP contribution in [0.1, 0.15) is 0 Å². The second-order valence-electron chi connectivity index (χ2n) is 4.12. The zero-order valence-electron chi connectivity index (χ0n) is 10.7. The highest BCUT2D eigenvalue weighted by atomic mass is 35.5. The third kappa shape index (κ3) is 3.34. The fourth-order valence-corrected chi connectivity index (χ4v) is 2.50. The molecule has 0 saturated heterocycles. The SMILES string of the molecule is O=C(CSc1nc2ncccc2o1)Nc1ccccc1Cl. The van der Waals surface area contributed by atoms with Crippen molar-refractivity contribution in [1.82, 2.24) is 9.97 Å². The predicted octanol–water partition coefficient (Wildman–Crippen LogP) is 3.61. The molecule has 2 heterocycles. The van der Waals surface area contributed by atoms with E-state index in [1.165, 1.54) is 11.8 Å². The second-order valence-corrected chi connectivity index (χ2v) is 5.46. The van der Waals surface area contributed by atoms with E-state index in [9.17, 15) is 4.79 Å². The maximum Gasteiger partial charge on any atom is 0.258 e. The Hall–Kier alpha value is -2.05. The molecular weight excluding hydrogens is 310 g/mol. The van der Waals surface area contributed by atoms with Gasteiger partial charge in [0.25, 0.3) is 5.22 Å². The van der Waals surface area contributed by atoms with Crippen LogP contribution >= 0.6 is 23.4 Å². The highest BCUT2D eigenvalue weighted by molar-refractivity contribution is 7.99. The van der Waals surface area contributed by atoms with Gasteiger partial charge in [-0.1, -0.05) is 35.5 Å². The number of anilines is 1. The maximum absolute atomic E-state index is 11.9. The van der Waals surface area contributed by atoms with Gasteiger partial charge in [0.05, 0.1) is 16.5 Å². The van der Waals surface area contributed by atoms with E-state index < -0.39 is 0 Å². The average Bonchev–Trinajstić information content (AvgIpc) is 2.90. The molecule has 0 aliphatic carbocycles. The lowest BCUT2D eigenvalue weighted by Gasteiger charge is -2.05. The molecule has 0 radical (unpaired) electrons. The van der Waals surface area contributed by atoms with E-state index in [1.807, 2.05) is 0 Å². The second kappa shape index (κ2) is 6.15. The molecule has 0 bridgehead atoms. The van der Waals surface area contributed by atoms with Gasteiger partial charge < -0.3 is 9.73 Å². The first-order chi connectivity index (χ1) is 10.2. The number of nitrogens with zero attached hydrogens (tertiary/aromatic N) is 2. The fraction of sp³-hybridized carbons (Fsp3) is 0.0714. The molecule has 0 saturated carbocycles. The van der Waals surface area contributed by atoms with Gasteiger partial charge in [-0.2, -0.15) is 4.98 Å². The lowest BCUT2D eigenvalue weighted by Crippen LogP contribution is -2.14. The van der Waals surface area contributed by atoms with Gasteiger partial charge in [0.2, 0.25) is 5.91 Å². The molecule has 106 valence electrons. The van der Waals surface area contributed by atoms with Gasteiger partial charge in [-0.15, -0.1) is 0 Å². The Morgan fingerprint density at radius 1 is 1.29 bits per heavy atom. The lowest BCUT2D eigenvalue weighted by molar-refractivity contribution is -0.113. The summed E-state index contributed by atoms with van der Waals surface area (Å²) < 4.78 is 5.48. The van der Waals surface area contributed by atoms with Crippen molar-refractivity contribution in [2.75, 3.05) is 11.1 Å². The van der Waals surface area contributed by atoms with Crippen LogP contribution in [0.4, 0.5) is 5.69 Å². The number of carbonyl (C=O) groups excluding carboxylic acids is 1. The number of benzene rings is 1. The number of pyridine rings is 1. The molecule has 3 aromatic rings. The molecule has 0 atom stereocenters. The number of fused-ring (bicyclic) bond motifs is 1. The van der Waals surface area contributed by atoms with Gasteiger partial charge in [0.1, 0.15) is 0 Å². The first kappa shape index (κ1) is 13.9. The Bertz CT molecular complexity index is 757. The normalized spacial score (nSPS) is 10.7. The molecule has 0 aliphatic heterocycles. The molecule has 5 nitrogen and oxygen atoms in total. The molecule has 7 heteroatoms. The van der Waals surface area contributed by atoms with Crippen molar-refractivity contribution >= 4 is 46.2 Å². The number of aromatic nitrogens is 2. The Balaban J connectivity index is 1.62. The van der Waals surface area contributed by atoms with Gasteiger partial charge in [-0.05, 0) is 24.3 Å². The van der Waals surface area contributed by atoms with Crippen molar-refractivity contribution in [2.24, 2.45) is 0 Å². The van der Waals surface area contributed by atoms with Crippen molar-refractivity contribution in [1.29, 1.82) is 0 Å². The minimum Gasteiger partial charge on any atom is -0.430 e. The minimum atomic E-state index is -0.177. The van der Waals surface area contributed by atoms with Crippen molar-refractivity contribution in [3.63, 3.8) is 0 Å². The van der Waals surface area contributed by atoms with E-state index in [2.05, 4.69) is 15.3 Å². The Morgan fingerprint density at radius 3 is 2.95 bits per heavy atom. The van der Waals surface area contributed by atoms with Gasteiger partial charge >= 0.3 is 0 Å². The Labute approximate surface area is 129 Å². The fourth-order valence-electron chi connectivity index (χ4n) is 1.69. The summed E-state index contributed by atoms with van der Waals surface area (Å²) in [6.45, 7) is 0. The summed E-state index contributed by atoms with van der Waals surface area (Å²) in [7, 11) is 0. The van der Waals surface area contributed by atoms with Crippen LogP contribution < -0.4 is 5.32 Å². The van der Waals surface area contributed by atoms with Crippen LogP contribution in [0.25, 0.3) is 11.2 Å². The van der Waals surface area contributed by atoms with Crippen molar-refractivity contribution in [3.8, 4) is 0 Å². The zero-order valence-corrected chi connectivity index (χ0v) is 12.3. The number of thioether (sulfide) groups is 1. The lowest BCUT2D eigenvalue weighted by atomic mass is 10.3. The minimum absolute atomic E-state index is 0.177. The first-order valence-electron chi connectivity index (χ1n) is 6.11. The van der Waals surface area contributed by atoms with Gasteiger partial charge in [0, 0.05) is 6.20 Å². The van der Waals surface area contributed by atoms with E-state index >= 15 is 0 Å². The highest BCUT2D eigenvalue weighted by Gasteiger charge is 2.10. The van der Waals surface area contributed by atoms with Crippen LogP contribution in [-0.2, 0) is 4.79 Å². The number of rotatable bonds is 4. The van der Waals surface area contributed by atoms with Gasteiger partial charge in [0.15, 0.2) is 11.2 Å². The smallest absolute Gasteiger partial charge is 0.258 e. The number of nitrogens with one attached hydrogen (secondary N) is 1. The monoisotopic (exact) mass is 319 g/mol. The molecular formula is C14H10ClN3O2S. The standard InChI is InChI=1S/C14H10ClN3O2S/c15-9-4-1-2-5-10(9)17-12(19)8-21-14-18-13-11(20-14)6-3-7-16-13/h1-7H,8H2,(H,17,19). The third-order valence-corrected chi connectivity index (χ3v) is 3.78. The predicted molar refractivity (Wildman–Crippen MR) is 82.6 cm³/mol. The van der Waals surface area contributed by atoms with Crippen LogP contribution in [0.15, 0.2) is 52.2 Å². The van der Waals surface area contributed by atoms with Gasteiger partial charge in [-0.25, -0.2) is 4.98 Å². The molecule has 2 aromatic heterocycles. The molecule has 3 rings (SSSR count). The number of hydrogen-bond acceptors (Lipinski definition) is 5. The topological polar surface area (TPSA) is 68.0 Å². The summed E-state index contributed by atoms with van der Waals surface area (Å²) in [5.74, 6) is 0.00113. The molecule has 1 aromatic carbocycles. The summed E-state index contributed by atoms with van der Waals surface area (Å²) >= 11 is 7.18. The quantitative estimate of drug-likeness (QED) is 0.744. The van der Waals surface area contributed by atoms with Crippen molar-refractivity contribution in [2.45, 2.75) is 5.22 Å². The van der Waals surface area contributed by atoms with Crippen molar-refractivity contribution in [3.05, 3.63) is 47.6 Å². The first-order valence-corrected chi connectivity index (χ1v) is 7.47. The van der Waals surface area contributed by atoms with Crippen molar-refractivity contribution < 1.29 is 9.21 Å². The number of amides is 1. The highest BCUT2D eigenvalue weighted by Crippen LogP contribution is 2.23. The van der Waals surface area contributed by atoms with Crippen LogP contribution in [0, 0.1) is 0 Å². The molecule has 0 spiro atoms. The summed E-state index contributed by atoms with van der Waals surface area (Å²) in [5, 5.41) is 3.65. The Morgan fingerprint density at radius 2 is 2.14 bits per heavy atom. The largest absolute Gasteiger partial charge is 0.430 e. The summed E-state index contributed by atoms with van der Waals surface area (Å²) in [6, 6.07) is 10.6. The average molecular weight is 320 g/mol. The van der Waals surface area contributed by atoms with E-state index in [0.717, 1.165) is 0 Å². The molecule has 0 fully saturated rings. The summed E-state index contributed by atoms with van der Waals surface area (Å²) in [4.78, 5) is 20.1. The molecule has 1 amide bonds. The maximum atomic E-state index is 11.9. The Kier molecular flexibility index (Phi) is 4.08. The van der Waals surface area contributed by atoms with E-state index in [-0.39, 0.29) is 11.7 Å². The summed E-state index contributed by atoms with van der Waals surface area (Å²) in [6.07, 6.45) is 1.64. The number of halogens is 1. The third-order valence-electron chi connectivity index (χ3n) is 2.62. The molecule has 0 unspecified atom stereocenters. The van der Waals surface area contributed by atoms with Crippen LogP contribution in [-0.4, -0.2) is 21.6 Å².